The monoisotopic (exact) mass is 395 g/mol. The van der Waals surface area contributed by atoms with Gasteiger partial charge >= 0.3 is 5.63 Å². The maximum Gasteiger partial charge on any atom is 0.339 e. The molecule has 0 unspecified atom stereocenters. The molecular weight excluding hydrogens is 366 g/mol. The second-order valence-corrected chi connectivity index (χ2v) is 8.37. The zero-order valence-electron chi connectivity index (χ0n) is 17.3. The molecule has 5 heteroatoms. The summed E-state index contributed by atoms with van der Waals surface area (Å²) in [5, 5.41) is 5.09. The summed E-state index contributed by atoms with van der Waals surface area (Å²) in [5.41, 5.74) is 3.40. The molecular formula is C24H29NO4. The van der Waals surface area contributed by atoms with Crippen LogP contribution in [0.25, 0.3) is 21.9 Å². The highest BCUT2D eigenvalue weighted by molar-refractivity contribution is 5.96. The van der Waals surface area contributed by atoms with Crippen LogP contribution in [0.5, 0.6) is 0 Å². The van der Waals surface area contributed by atoms with Crippen molar-refractivity contribution in [3.63, 3.8) is 0 Å². The lowest BCUT2D eigenvalue weighted by Crippen LogP contribution is -2.35. The summed E-state index contributed by atoms with van der Waals surface area (Å²) in [4.78, 5) is 25.1. The van der Waals surface area contributed by atoms with Crippen LogP contribution >= 0.6 is 0 Å². The molecule has 3 aromatic rings. The number of hydrogen-bond acceptors (Lipinski definition) is 4. The summed E-state index contributed by atoms with van der Waals surface area (Å²) < 4.78 is 11.1. The van der Waals surface area contributed by atoms with E-state index in [0.717, 1.165) is 34.7 Å². The Labute approximate surface area is 170 Å². The van der Waals surface area contributed by atoms with Crippen LogP contribution in [0.15, 0.2) is 32.0 Å². The number of rotatable bonds is 4. The Morgan fingerprint density at radius 2 is 1.76 bits per heavy atom. The van der Waals surface area contributed by atoms with Crippen molar-refractivity contribution in [2.75, 3.05) is 0 Å². The third-order valence-electron chi connectivity index (χ3n) is 6.25. The number of nitrogens with one attached hydrogen (secondary N) is 1. The van der Waals surface area contributed by atoms with Crippen LogP contribution in [-0.2, 0) is 11.2 Å². The van der Waals surface area contributed by atoms with Crippen molar-refractivity contribution in [3.05, 3.63) is 45.5 Å². The zero-order valence-corrected chi connectivity index (χ0v) is 17.3. The van der Waals surface area contributed by atoms with Crippen LogP contribution in [0.3, 0.4) is 0 Å². The Kier molecular flexibility index (Phi) is 5.74. The van der Waals surface area contributed by atoms with E-state index in [1.165, 1.54) is 32.1 Å². The van der Waals surface area contributed by atoms with Gasteiger partial charge in [0.1, 0.15) is 11.2 Å². The molecule has 1 fully saturated rings. The first-order valence-corrected chi connectivity index (χ1v) is 10.8. The van der Waals surface area contributed by atoms with Crippen molar-refractivity contribution in [2.24, 2.45) is 0 Å². The predicted octanol–water partition coefficient (Wildman–Crippen LogP) is 5.32. The van der Waals surface area contributed by atoms with Crippen molar-refractivity contribution < 1.29 is 13.6 Å². The zero-order chi connectivity index (χ0) is 20.4. The summed E-state index contributed by atoms with van der Waals surface area (Å²) in [7, 11) is 0. The van der Waals surface area contributed by atoms with Gasteiger partial charge in [-0.1, -0.05) is 32.1 Å². The lowest BCUT2D eigenvalue weighted by atomic mass is 9.96. The maximum atomic E-state index is 12.6. The predicted molar refractivity (Wildman–Crippen MR) is 114 cm³/mol. The molecule has 1 amide bonds. The number of carbonyl (C=O) groups excluding carboxylic acids is 1. The average molecular weight is 395 g/mol. The van der Waals surface area contributed by atoms with Gasteiger partial charge in [0.25, 0.3) is 0 Å². The second kappa shape index (κ2) is 8.44. The molecule has 1 aromatic carbocycles. The molecule has 0 spiro atoms. The lowest BCUT2D eigenvalue weighted by molar-refractivity contribution is -0.121. The molecule has 5 nitrogen and oxygen atoms in total. The van der Waals surface area contributed by atoms with E-state index in [-0.39, 0.29) is 17.6 Å². The summed E-state index contributed by atoms with van der Waals surface area (Å²) in [5.74, 6) is 0.0237. The van der Waals surface area contributed by atoms with Gasteiger partial charge in [-0.25, -0.2) is 4.79 Å². The fraction of sp³-hybridized carbons (Fsp3) is 0.500. The van der Waals surface area contributed by atoms with Gasteiger partial charge < -0.3 is 14.2 Å². The standard InChI is InChI=1S/C24H29NO4/c1-15-14-28-21-13-22-20(12-19(15)21)16(2)18(24(27)29-22)10-11-23(26)25-17-8-6-4-3-5-7-9-17/h12-14,17H,3-11H2,1-2H3,(H,25,26). The fourth-order valence-corrected chi connectivity index (χ4v) is 4.47. The van der Waals surface area contributed by atoms with E-state index in [4.69, 9.17) is 8.83 Å². The van der Waals surface area contributed by atoms with Gasteiger partial charge in [-0.15, -0.1) is 0 Å². The number of furan rings is 1. The number of benzene rings is 1. The van der Waals surface area contributed by atoms with Gasteiger partial charge in [0.15, 0.2) is 0 Å². The Balaban J connectivity index is 1.51. The molecule has 4 rings (SSSR count). The highest BCUT2D eigenvalue weighted by Crippen LogP contribution is 2.29. The molecule has 1 aliphatic rings. The molecule has 0 aliphatic heterocycles. The molecule has 1 N–H and O–H groups in total. The number of hydrogen-bond donors (Lipinski definition) is 1. The van der Waals surface area contributed by atoms with E-state index in [0.29, 0.717) is 29.6 Å². The molecule has 2 aromatic heterocycles. The highest BCUT2D eigenvalue weighted by atomic mass is 16.4. The van der Waals surface area contributed by atoms with Crippen molar-refractivity contribution in [2.45, 2.75) is 77.7 Å². The van der Waals surface area contributed by atoms with Gasteiger partial charge in [-0.3, -0.25) is 4.79 Å². The summed E-state index contributed by atoms with van der Waals surface area (Å²) in [6.45, 7) is 3.93. The lowest BCUT2D eigenvalue weighted by Gasteiger charge is -2.21. The Bertz CT molecular complexity index is 1080. The van der Waals surface area contributed by atoms with E-state index in [1.807, 2.05) is 19.9 Å². The summed E-state index contributed by atoms with van der Waals surface area (Å²) in [6, 6.07) is 4.06. The maximum absolute atomic E-state index is 12.6. The van der Waals surface area contributed by atoms with Gasteiger partial charge in [-0.05, 0) is 50.3 Å². The van der Waals surface area contributed by atoms with E-state index < -0.39 is 0 Å². The molecule has 0 saturated heterocycles. The number of carbonyl (C=O) groups is 1. The molecule has 0 bridgehead atoms. The number of aryl methyl sites for hydroxylation is 2. The van der Waals surface area contributed by atoms with Crippen molar-refractivity contribution >= 4 is 27.8 Å². The highest BCUT2D eigenvalue weighted by Gasteiger charge is 2.17. The van der Waals surface area contributed by atoms with Crippen LogP contribution in [0.2, 0.25) is 0 Å². The normalized spacial score (nSPS) is 16.1. The van der Waals surface area contributed by atoms with Crippen LogP contribution in [0, 0.1) is 13.8 Å². The van der Waals surface area contributed by atoms with Crippen LogP contribution < -0.4 is 10.9 Å². The summed E-state index contributed by atoms with van der Waals surface area (Å²) >= 11 is 0. The largest absolute Gasteiger partial charge is 0.464 e. The Hall–Kier alpha value is -2.56. The van der Waals surface area contributed by atoms with Crippen molar-refractivity contribution in [1.82, 2.24) is 5.32 Å². The minimum atomic E-state index is -0.364. The van der Waals surface area contributed by atoms with Gasteiger partial charge in [-0.2, -0.15) is 0 Å². The van der Waals surface area contributed by atoms with E-state index in [9.17, 15) is 9.59 Å². The van der Waals surface area contributed by atoms with Crippen LogP contribution in [-0.4, -0.2) is 11.9 Å². The minimum absolute atomic E-state index is 0.0237. The average Bonchev–Trinajstić information content (AvgIpc) is 3.02. The minimum Gasteiger partial charge on any atom is -0.464 e. The Morgan fingerprint density at radius 1 is 1.03 bits per heavy atom. The van der Waals surface area contributed by atoms with Crippen LogP contribution in [0.1, 0.15) is 68.1 Å². The SMILES string of the molecule is Cc1coc2cc3oc(=O)c(CCC(=O)NC4CCCCCCC4)c(C)c3cc12. The van der Waals surface area contributed by atoms with Gasteiger partial charge in [0.05, 0.1) is 6.26 Å². The molecule has 1 saturated carbocycles. The first-order chi connectivity index (χ1) is 14.0. The molecule has 1 aliphatic carbocycles. The molecule has 154 valence electrons. The first-order valence-electron chi connectivity index (χ1n) is 10.8. The fourth-order valence-electron chi connectivity index (χ4n) is 4.47. The number of fused-ring (bicyclic) bond motifs is 2. The second-order valence-electron chi connectivity index (χ2n) is 8.37. The van der Waals surface area contributed by atoms with E-state index >= 15 is 0 Å². The molecule has 0 atom stereocenters. The van der Waals surface area contributed by atoms with Crippen molar-refractivity contribution in [3.8, 4) is 0 Å². The molecule has 29 heavy (non-hydrogen) atoms. The Morgan fingerprint density at radius 3 is 2.52 bits per heavy atom. The quantitative estimate of drug-likeness (QED) is 0.607. The van der Waals surface area contributed by atoms with E-state index in [1.54, 1.807) is 12.3 Å². The van der Waals surface area contributed by atoms with Crippen LogP contribution in [0.4, 0.5) is 0 Å². The topological polar surface area (TPSA) is 72.5 Å². The third kappa shape index (κ3) is 4.24. The summed E-state index contributed by atoms with van der Waals surface area (Å²) in [6.07, 6.45) is 10.7. The first kappa shape index (κ1) is 19.7. The van der Waals surface area contributed by atoms with Crippen molar-refractivity contribution in [1.29, 1.82) is 0 Å². The van der Waals surface area contributed by atoms with Gasteiger partial charge in [0.2, 0.25) is 5.91 Å². The number of amides is 1. The van der Waals surface area contributed by atoms with E-state index in [2.05, 4.69) is 5.32 Å². The molecule has 2 heterocycles. The molecule has 0 radical (unpaired) electrons. The van der Waals surface area contributed by atoms with Gasteiger partial charge in [0, 0.05) is 34.9 Å². The third-order valence-corrected chi connectivity index (χ3v) is 6.25. The smallest absolute Gasteiger partial charge is 0.339 e.